The number of aromatic nitrogens is 2. The Bertz CT molecular complexity index is 1450. The highest BCUT2D eigenvalue weighted by Gasteiger charge is 2.36. The van der Waals surface area contributed by atoms with Gasteiger partial charge < -0.3 is 19.3 Å². The largest absolute Gasteiger partial charge is 0.493 e. The van der Waals surface area contributed by atoms with Gasteiger partial charge in [0.2, 0.25) is 5.91 Å². The van der Waals surface area contributed by atoms with Gasteiger partial charge in [-0.25, -0.2) is 13.9 Å². The lowest BCUT2D eigenvalue weighted by atomic mass is 10.0. The van der Waals surface area contributed by atoms with Crippen molar-refractivity contribution in [1.29, 1.82) is 0 Å². The van der Waals surface area contributed by atoms with Gasteiger partial charge in [-0.3, -0.25) is 9.59 Å². The van der Waals surface area contributed by atoms with Gasteiger partial charge in [-0.15, -0.1) is 0 Å². The molecule has 1 fully saturated rings. The maximum Gasteiger partial charge on any atom is 0.359 e. The van der Waals surface area contributed by atoms with Crippen LogP contribution in [0, 0.1) is 5.82 Å². The molecule has 10 heteroatoms. The van der Waals surface area contributed by atoms with Crippen LogP contribution in [-0.4, -0.2) is 53.9 Å². The Balaban J connectivity index is 1.39. The van der Waals surface area contributed by atoms with E-state index in [9.17, 15) is 14.4 Å². The van der Waals surface area contributed by atoms with Crippen molar-refractivity contribution in [3.63, 3.8) is 0 Å². The number of piperidine rings is 1. The van der Waals surface area contributed by atoms with Crippen molar-refractivity contribution < 1.29 is 28.2 Å². The number of rotatable bonds is 5. The fourth-order valence-corrected chi connectivity index (χ4v) is 5.39. The average Bonchev–Trinajstić information content (AvgIpc) is 3.54. The molecule has 38 heavy (non-hydrogen) atoms. The van der Waals surface area contributed by atoms with E-state index in [1.54, 1.807) is 34.9 Å². The number of anilines is 2. The van der Waals surface area contributed by atoms with E-state index in [-0.39, 0.29) is 29.6 Å². The Kier molecular flexibility index (Phi) is 6.09. The van der Waals surface area contributed by atoms with Crippen LogP contribution >= 0.6 is 0 Å². The van der Waals surface area contributed by atoms with Crippen LogP contribution in [0.3, 0.4) is 0 Å². The fourth-order valence-electron chi connectivity index (χ4n) is 5.39. The number of carbonyl (C=O) groups excluding carboxylic acids is 3. The first kappa shape index (κ1) is 24.1. The predicted molar refractivity (Wildman–Crippen MR) is 137 cm³/mol. The van der Waals surface area contributed by atoms with Crippen molar-refractivity contribution in [1.82, 2.24) is 9.78 Å². The summed E-state index contributed by atoms with van der Waals surface area (Å²) < 4.78 is 27.1. The molecular weight excluding hydrogens is 491 g/mol. The molecule has 1 saturated heterocycles. The summed E-state index contributed by atoms with van der Waals surface area (Å²) in [6.07, 6.45) is 3.35. The monoisotopic (exact) mass is 518 g/mol. The molecule has 0 radical (unpaired) electrons. The topological polar surface area (TPSA) is 94.0 Å². The Morgan fingerprint density at radius 1 is 1.03 bits per heavy atom. The maximum atomic E-state index is 15.2. The molecule has 196 valence electrons. The molecule has 2 aromatic carbocycles. The first-order valence-corrected chi connectivity index (χ1v) is 12.9. The summed E-state index contributed by atoms with van der Waals surface area (Å²) in [6, 6.07) is 10.2. The summed E-state index contributed by atoms with van der Waals surface area (Å²) >= 11 is 0. The standard InChI is InChI=1S/C28H27FN4O5/c1-2-37-28(36)25-20-10-13-32(19-8-6-18(7-9-19)31-12-4-3-5-24(31)34)27(35)26(20)33(30-25)22-15-17-11-14-38-23(17)16-21(22)29/h6-9,15-16H,2-5,10-14H2,1H3. The lowest BCUT2D eigenvalue weighted by Gasteiger charge is -2.29. The SMILES string of the molecule is CCOC(=O)c1nn(-c2cc3c(cc2F)OCC3)c2c1CCN(c1ccc(N3CCCCC3=O)cc1)C2=O. The second-order valence-electron chi connectivity index (χ2n) is 9.54. The number of nitrogens with zero attached hydrogens (tertiary/aromatic N) is 4. The first-order chi connectivity index (χ1) is 18.5. The van der Waals surface area contributed by atoms with Crippen LogP contribution in [-0.2, 0) is 22.4 Å². The van der Waals surface area contributed by atoms with E-state index in [0.717, 1.165) is 24.1 Å². The highest BCUT2D eigenvalue weighted by Crippen LogP contribution is 2.34. The summed E-state index contributed by atoms with van der Waals surface area (Å²) in [4.78, 5) is 42.3. The quantitative estimate of drug-likeness (QED) is 0.477. The van der Waals surface area contributed by atoms with E-state index in [1.165, 1.54) is 10.7 Å². The molecule has 9 nitrogen and oxygen atoms in total. The van der Waals surface area contributed by atoms with Gasteiger partial charge in [0.1, 0.15) is 17.1 Å². The van der Waals surface area contributed by atoms with Gasteiger partial charge in [0.25, 0.3) is 5.91 Å². The number of esters is 1. The number of ether oxygens (including phenoxy) is 2. The van der Waals surface area contributed by atoms with Crippen molar-refractivity contribution in [3.8, 4) is 11.4 Å². The van der Waals surface area contributed by atoms with Gasteiger partial charge in [0, 0.05) is 48.9 Å². The van der Waals surface area contributed by atoms with Crippen LogP contribution in [0.5, 0.6) is 5.75 Å². The number of fused-ring (bicyclic) bond motifs is 2. The number of amides is 2. The fraction of sp³-hybridized carbons (Fsp3) is 0.357. The van der Waals surface area contributed by atoms with Crippen LogP contribution in [0.1, 0.15) is 58.3 Å². The molecule has 0 N–H and O–H groups in total. The van der Waals surface area contributed by atoms with Crippen molar-refractivity contribution in [2.45, 2.75) is 39.0 Å². The zero-order valence-corrected chi connectivity index (χ0v) is 21.0. The number of benzene rings is 2. The molecule has 3 aliphatic rings. The molecule has 0 spiro atoms. The smallest absolute Gasteiger partial charge is 0.359 e. The molecule has 1 aromatic heterocycles. The van der Waals surface area contributed by atoms with E-state index in [1.807, 2.05) is 12.1 Å². The zero-order valence-electron chi connectivity index (χ0n) is 21.0. The Labute approximate surface area is 218 Å². The van der Waals surface area contributed by atoms with Crippen LogP contribution < -0.4 is 14.5 Å². The normalized spacial score (nSPS) is 16.8. The minimum atomic E-state index is -0.649. The highest BCUT2D eigenvalue weighted by molar-refractivity contribution is 6.09. The predicted octanol–water partition coefficient (Wildman–Crippen LogP) is 3.84. The van der Waals surface area contributed by atoms with Crippen LogP contribution in [0.25, 0.3) is 5.69 Å². The van der Waals surface area contributed by atoms with E-state index >= 15 is 4.39 Å². The summed E-state index contributed by atoms with van der Waals surface area (Å²) in [5.74, 6) is -1.08. The van der Waals surface area contributed by atoms with Gasteiger partial charge in [-0.2, -0.15) is 5.10 Å². The molecule has 3 aliphatic heterocycles. The molecule has 3 aromatic rings. The third-order valence-corrected chi connectivity index (χ3v) is 7.27. The van der Waals surface area contributed by atoms with E-state index in [4.69, 9.17) is 9.47 Å². The molecule has 4 heterocycles. The van der Waals surface area contributed by atoms with Crippen molar-refractivity contribution in [3.05, 3.63) is 64.7 Å². The number of hydrogen-bond donors (Lipinski definition) is 0. The molecule has 0 atom stereocenters. The van der Waals surface area contributed by atoms with Crippen LogP contribution in [0.15, 0.2) is 36.4 Å². The molecule has 0 aliphatic carbocycles. The lowest BCUT2D eigenvalue weighted by Crippen LogP contribution is -2.39. The zero-order chi connectivity index (χ0) is 26.4. The van der Waals surface area contributed by atoms with Crippen LogP contribution in [0.2, 0.25) is 0 Å². The number of hydrogen-bond acceptors (Lipinski definition) is 6. The average molecular weight is 519 g/mol. The Morgan fingerprint density at radius 2 is 1.79 bits per heavy atom. The lowest BCUT2D eigenvalue weighted by molar-refractivity contribution is -0.119. The third kappa shape index (κ3) is 4.00. The summed E-state index contributed by atoms with van der Waals surface area (Å²) in [5, 5.41) is 4.40. The molecular formula is C28H27FN4O5. The van der Waals surface area contributed by atoms with Crippen molar-refractivity contribution >= 4 is 29.2 Å². The molecule has 0 saturated carbocycles. The minimum absolute atomic E-state index is 0.0185. The Morgan fingerprint density at radius 3 is 2.53 bits per heavy atom. The van der Waals surface area contributed by atoms with Gasteiger partial charge >= 0.3 is 5.97 Å². The molecule has 0 unspecified atom stereocenters. The Hall–Kier alpha value is -4.21. The van der Waals surface area contributed by atoms with Gasteiger partial charge in [0.15, 0.2) is 11.5 Å². The highest BCUT2D eigenvalue weighted by atomic mass is 19.1. The molecule has 6 rings (SSSR count). The van der Waals surface area contributed by atoms with Gasteiger partial charge in [0.05, 0.1) is 13.2 Å². The van der Waals surface area contributed by atoms with E-state index < -0.39 is 17.7 Å². The first-order valence-electron chi connectivity index (χ1n) is 12.9. The van der Waals surface area contributed by atoms with Gasteiger partial charge in [-0.1, -0.05) is 0 Å². The number of halogens is 1. The second-order valence-corrected chi connectivity index (χ2v) is 9.54. The maximum absolute atomic E-state index is 15.2. The van der Waals surface area contributed by atoms with E-state index in [2.05, 4.69) is 5.10 Å². The molecule has 2 amide bonds. The van der Waals surface area contributed by atoms with Crippen LogP contribution in [0.4, 0.5) is 15.8 Å². The summed E-state index contributed by atoms with van der Waals surface area (Å²) in [7, 11) is 0. The van der Waals surface area contributed by atoms with E-state index in [0.29, 0.717) is 56.0 Å². The summed E-state index contributed by atoms with van der Waals surface area (Å²) in [6.45, 7) is 3.28. The molecule has 0 bridgehead atoms. The van der Waals surface area contributed by atoms with Crippen molar-refractivity contribution in [2.75, 3.05) is 36.1 Å². The van der Waals surface area contributed by atoms with Crippen molar-refractivity contribution in [2.24, 2.45) is 0 Å². The minimum Gasteiger partial charge on any atom is -0.493 e. The second kappa shape index (κ2) is 9.59. The summed E-state index contributed by atoms with van der Waals surface area (Å²) in [5.41, 5.74) is 2.91. The third-order valence-electron chi connectivity index (χ3n) is 7.27. The van der Waals surface area contributed by atoms with Gasteiger partial charge in [-0.05, 0) is 62.1 Å². The number of carbonyl (C=O) groups is 3.